The van der Waals surface area contributed by atoms with E-state index in [-0.39, 0.29) is 18.7 Å². The van der Waals surface area contributed by atoms with Gasteiger partial charge in [0, 0.05) is 27.8 Å². The molecule has 0 fully saturated rings. The van der Waals surface area contributed by atoms with E-state index in [0.29, 0.717) is 16.3 Å². The van der Waals surface area contributed by atoms with Crippen molar-refractivity contribution in [1.29, 1.82) is 0 Å². The fourth-order valence-electron chi connectivity index (χ4n) is 2.75. The van der Waals surface area contributed by atoms with Crippen LogP contribution < -0.4 is 10.5 Å². The van der Waals surface area contributed by atoms with Gasteiger partial charge in [-0.05, 0) is 56.2 Å². The van der Waals surface area contributed by atoms with Crippen LogP contribution in [0.4, 0.5) is 0 Å². The number of carbonyl (C=O) groups is 2. The number of aliphatic carboxylic acids is 1. The summed E-state index contributed by atoms with van der Waals surface area (Å²) in [6.07, 6.45) is 0.106. The Morgan fingerprint density at radius 3 is 2.30 bits per heavy atom. The number of hydrogen-bond acceptors (Lipinski definition) is 3. The first-order valence-corrected chi connectivity index (χ1v) is 8.86. The number of nitrogens with one attached hydrogen (secondary N) is 1. The molecule has 1 N–H and O–H groups in total. The summed E-state index contributed by atoms with van der Waals surface area (Å²) in [6.45, 7) is 1.95. The molecule has 0 radical (unpaired) electrons. The number of carboxylic acids is 1. The molecule has 1 aromatic heterocycles. The summed E-state index contributed by atoms with van der Waals surface area (Å²) in [5, 5.41) is 11.5. The molecular weight excluding hydrogens is 364 g/mol. The Morgan fingerprint density at radius 2 is 1.67 bits per heavy atom. The quantitative estimate of drug-likeness (QED) is 0.712. The number of aryl methyl sites for hydroxylation is 2. The van der Waals surface area contributed by atoms with Crippen molar-refractivity contribution >= 4 is 23.5 Å². The number of carboxylic acid groups (broad SMARTS) is 1. The van der Waals surface area contributed by atoms with E-state index in [1.807, 2.05) is 37.3 Å². The Kier molecular flexibility index (Phi) is 5.62. The predicted molar refractivity (Wildman–Crippen MR) is 103 cm³/mol. The second kappa shape index (κ2) is 8.10. The molecule has 0 aliphatic heterocycles. The smallest absolute Gasteiger partial charge is 0.270 e. The SMILES string of the molecule is Cc1ccc(C(=O)Nn2c(CCC(=O)[O-])ccc2-c2ccc(Cl)cc2)cc1. The maximum Gasteiger partial charge on any atom is 0.270 e. The van der Waals surface area contributed by atoms with Crippen molar-refractivity contribution in [1.82, 2.24) is 4.68 Å². The third kappa shape index (κ3) is 4.57. The van der Waals surface area contributed by atoms with E-state index in [1.165, 1.54) is 0 Å². The van der Waals surface area contributed by atoms with Gasteiger partial charge in [-0.15, -0.1) is 0 Å². The highest BCUT2D eigenvalue weighted by Gasteiger charge is 2.14. The Morgan fingerprint density at radius 1 is 1.00 bits per heavy atom. The van der Waals surface area contributed by atoms with E-state index in [4.69, 9.17) is 11.6 Å². The van der Waals surface area contributed by atoms with Crippen LogP contribution in [0, 0.1) is 6.92 Å². The van der Waals surface area contributed by atoms with Gasteiger partial charge in [0.1, 0.15) is 0 Å². The maximum absolute atomic E-state index is 12.7. The highest BCUT2D eigenvalue weighted by molar-refractivity contribution is 6.30. The zero-order chi connectivity index (χ0) is 19.4. The van der Waals surface area contributed by atoms with E-state index < -0.39 is 5.97 Å². The van der Waals surface area contributed by atoms with E-state index in [9.17, 15) is 14.7 Å². The number of amides is 1. The number of rotatable bonds is 6. The first-order valence-electron chi connectivity index (χ1n) is 8.48. The van der Waals surface area contributed by atoms with E-state index >= 15 is 0 Å². The van der Waals surface area contributed by atoms with Gasteiger partial charge in [0.25, 0.3) is 5.91 Å². The Bertz CT molecular complexity index is 960. The minimum absolute atomic E-state index is 0.134. The average molecular weight is 382 g/mol. The van der Waals surface area contributed by atoms with Crippen molar-refractivity contribution in [3.05, 3.63) is 82.5 Å². The third-order valence-corrected chi connectivity index (χ3v) is 4.47. The molecule has 0 saturated heterocycles. The van der Waals surface area contributed by atoms with Gasteiger partial charge in [-0.1, -0.05) is 41.4 Å². The van der Waals surface area contributed by atoms with Crippen LogP contribution in [0.3, 0.4) is 0 Å². The lowest BCUT2D eigenvalue weighted by atomic mass is 10.1. The van der Waals surface area contributed by atoms with E-state index in [1.54, 1.807) is 35.0 Å². The minimum atomic E-state index is -1.14. The third-order valence-electron chi connectivity index (χ3n) is 4.21. The van der Waals surface area contributed by atoms with Gasteiger partial charge in [0.2, 0.25) is 0 Å². The van der Waals surface area contributed by atoms with Crippen LogP contribution in [-0.2, 0) is 11.2 Å². The zero-order valence-corrected chi connectivity index (χ0v) is 15.5. The molecule has 0 bridgehead atoms. The first-order chi connectivity index (χ1) is 12.9. The van der Waals surface area contributed by atoms with Gasteiger partial charge in [0.05, 0.1) is 5.69 Å². The van der Waals surface area contributed by atoms with Gasteiger partial charge in [-0.3, -0.25) is 14.9 Å². The normalized spacial score (nSPS) is 10.6. The van der Waals surface area contributed by atoms with Crippen molar-refractivity contribution in [3.63, 3.8) is 0 Å². The number of benzene rings is 2. The van der Waals surface area contributed by atoms with Gasteiger partial charge in [0.15, 0.2) is 0 Å². The number of carbonyl (C=O) groups excluding carboxylic acids is 2. The van der Waals surface area contributed by atoms with Crippen molar-refractivity contribution in [2.24, 2.45) is 0 Å². The lowest BCUT2D eigenvalue weighted by Crippen LogP contribution is -2.27. The highest BCUT2D eigenvalue weighted by Crippen LogP contribution is 2.24. The van der Waals surface area contributed by atoms with Crippen molar-refractivity contribution in [2.45, 2.75) is 19.8 Å². The molecule has 1 heterocycles. The molecule has 1 amide bonds. The Hall–Kier alpha value is -3.05. The van der Waals surface area contributed by atoms with Crippen LogP contribution in [-0.4, -0.2) is 16.6 Å². The van der Waals surface area contributed by atoms with Crippen molar-refractivity contribution in [2.75, 3.05) is 5.43 Å². The standard InChI is InChI=1S/C21H19ClN2O3/c1-14-2-4-16(5-3-14)21(27)23-24-18(11-13-20(25)26)10-12-19(24)15-6-8-17(22)9-7-15/h2-10,12H,11,13H2,1H3,(H,23,27)(H,25,26)/p-1. The van der Waals surface area contributed by atoms with Gasteiger partial charge in [-0.2, -0.15) is 0 Å². The molecule has 0 saturated carbocycles. The Balaban J connectivity index is 1.95. The first kappa shape index (κ1) is 18.7. The molecule has 0 aliphatic carbocycles. The number of nitrogens with zero attached hydrogens (tertiary/aromatic N) is 1. The fraction of sp³-hybridized carbons (Fsp3) is 0.143. The molecule has 3 rings (SSSR count). The molecule has 27 heavy (non-hydrogen) atoms. The van der Waals surface area contributed by atoms with Gasteiger partial charge in [-0.25, -0.2) is 0 Å². The van der Waals surface area contributed by atoms with Crippen LogP contribution in [0.2, 0.25) is 5.02 Å². The van der Waals surface area contributed by atoms with Gasteiger partial charge < -0.3 is 9.90 Å². The largest absolute Gasteiger partial charge is 0.550 e. The summed E-state index contributed by atoms with van der Waals surface area (Å²) in [5.41, 5.74) is 6.70. The molecular formula is C21H18ClN2O3-. The fourth-order valence-corrected chi connectivity index (χ4v) is 2.88. The number of hydrogen-bond donors (Lipinski definition) is 1. The predicted octanol–water partition coefficient (Wildman–Crippen LogP) is 3.18. The summed E-state index contributed by atoms with van der Waals surface area (Å²) < 4.78 is 1.62. The highest BCUT2D eigenvalue weighted by atomic mass is 35.5. The number of aromatic nitrogens is 1. The minimum Gasteiger partial charge on any atom is -0.550 e. The molecule has 2 aromatic carbocycles. The summed E-state index contributed by atoms with van der Waals surface area (Å²) in [5.74, 6) is -1.42. The average Bonchev–Trinajstić information content (AvgIpc) is 3.03. The molecule has 6 heteroatoms. The summed E-state index contributed by atoms with van der Waals surface area (Å²) in [7, 11) is 0. The summed E-state index contributed by atoms with van der Waals surface area (Å²) in [4.78, 5) is 23.5. The maximum atomic E-state index is 12.7. The van der Waals surface area contributed by atoms with Gasteiger partial charge >= 0.3 is 0 Å². The second-order valence-electron chi connectivity index (χ2n) is 6.23. The summed E-state index contributed by atoms with van der Waals surface area (Å²) >= 11 is 5.96. The molecule has 3 aromatic rings. The van der Waals surface area contributed by atoms with E-state index in [0.717, 1.165) is 16.8 Å². The van der Waals surface area contributed by atoms with Crippen molar-refractivity contribution in [3.8, 4) is 11.3 Å². The molecule has 5 nitrogen and oxygen atoms in total. The number of halogens is 1. The van der Waals surface area contributed by atoms with Crippen LogP contribution in [0.5, 0.6) is 0 Å². The monoisotopic (exact) mass is 381 g/mol. The van der Waals surface area contributed by atoms with E-state index in [2.05, 4.69) is 5.43 Å². The van der Waals surface area contributed by atoms with Crippen LogP contribution >= 0.6 is 11.6 Å². The zero-order valence-electron chi connectivity index (χ0n) is 14.7. The molecule has 0 aliphatic rings. The lowest BCUT2D eigenvalue weighted by Gasteiger charge is -2.16. The molecule has 0 spiro atoms. The van der Waals surface area contributed by atoms with Crippen LogP contribution in [0.1, 0.15) is 28.0 Å². The second-order valence-corrected chi connectivity index (χ2v) is 6.67. The Labute approximate surface area is 162 Å². The lowest BCUT2D eigenvalue weighted by molar-refractivity contribution is -0.305. The van der Waals surface area contributed by atoms with Crippen molar-refractivity contribution < 1.29 is 14.7 Å². The topological polar surface area (TPSA) is 74.2 Å². The molecule has 138 valence electrons. The molecule has 0 atom stereocenters. The van der Waals surface area contributed by atoms with Crippen LogP contribution in [0.15, 0.2) is 60.7 Å². The summed E-state index contributed by atoms with van der Waals surface area (Å²) in [6, 6.07) is 18.1. The molecule has 0 unspecified atom stereocenters. The van der Waals surface area contributed by atoms with Crippen LogP contribution in [0.25, 0.3) is 11.3 Å².